The number of nitrogens with zero attached hydrogens (tertiary/aromatic N) is 3. The molecule has 2 rings (SSSR count). The largest absolute Gasteiger partial charge is 0.353 e. The van der Waals surface area contributed by atoms with Crippen molar-refractivity contribution in [3.8, 4) is 6.07 Å². The van der Waals surface area contributed by atoms with Crippen molar-refractivity contribution < 1.29 is 4.79 Å². The van der Waals surface area contributed by atoms with Gasteiger partial charge in [-0.05, 0) is 17.7 Å². The molecule has 1 aromatic heterocycles. The Bertz CT molecular complexity index is 426. The predicted molar refractivity (Wildman–Crippen MR) is 61.7 cm³/mol. The zero-order chi connectivity index (χ0) is 12.1. The molecule has 1 amide bonds. The number of amides is 1. The minimum Gasteiger partial charge on any atom is -0.353 e. The number of piperazine rings is 1. The number of hydrogen-bond donors (Lipinski definition) is 1. The zero-order valence-electron chi connectivity index (χ0n) is 9.47. The molecule has 0 spiro atoms. The Morgan fingerprint density at radius 2 is 2.29 bits per heavy atom. The van der Waals surface area contributed by atoms with E-state index in [-0.39, 0.29) is 18.4 Å². The maximum atomic E-state index is 11.7. The summed E-state index contributed by atoms with van der Waals surface area (Å²) in [5.74, 6) is -0.0492. The minimum absolute atomic E-state index is 0.0492. The summed E-state index contributed by atoms with van der Waals surface area (Å²) >= 11 is 0. The van der Waals surface area contributed by atoms with Crippen molar-refractivity contribution in [1.82, 2.24) is 15.2 Å². The van der Waals surface area contributed by atoms with Gasteiger partial charge >= 0.3 is 0 Å². The van der Waals surface area contributed by atoms with Gasteiger partial charge in [-0.2, -0.15) is 5.26 Å². The van der Waals surface area contributed by atoms with Gasteiger partial charge in [0.05, 0.1) is 12.5 Å². The molecule has 1 unspecified atom stereocenters. The van der Waals surface area contributed by atoms with Gasteiger partial charge in [-0.15, -0.1) is 0 Å². The Morgan fingerprint density at radius 1 is 1.53 bits per heavy atom. The molecule has 17 heavy (non-hydrogen) atoms. The third kappa shape index (κ3) is 2.80. The molecule has 88 valence electrons. The predicted octanol–water partition coefficient (Wildman–Crippen LogP) is 0.296. The first-order valence-electron chi connectivity index (χ1n) is 5.59. The van der Waals surface area contributed by atoms with E-state index in [0.717, 1.165) is 12.1 Å². The summed E-state index contributed by atoms with van der Waals surface area (Å²) in [6.07, 6.45) is 3.70. The molecule has 1 saturated heterocycles. The summed E-state index contributed by atoms with van der Waals surface area (Å²) < 4.78 is 0. The summed E-state index contributed by atoms with van der Waals surface area (Å²) in [5, 5.41) is 11.5. The number of aromatic nitrogens is 1. The second kappa shape index (κ2) is 5.41. The number of carbonyl (C=O) groups excluding carboxylic acids is 1. The van der Waals surface area contributed by atoms with Gasteiger partial charge in [-0.25, -0.2) is 0 Å². The highest BCUT2D eigenvalue weighted by Gasteiger charge is 2.29. The van der Waals surface area contributed by atoms with Crippen LogP contribution in [0, 0.1) is 11.3 Å². The molecule has 1 fully saturated rings. The molecule has 0 saturated carbocycles. The van der Waals surface area contributed by atoms with Crippen LogP contribution in [0.4, 0.5) is 0 Å². The van der Waals surface area contributed by atoms with E-state index in [4.69, 9.17) is 5.26 Å². The van der Waals surface area contributed by atoms with Gasteiger partial charge in [0, 0.05) is 32.0 Å². The molecule has 1 N–H and O–H groups in total. The molecule has 0 radical (unpaired) electrons. The van der Waals surface area contributed by atoms with Crippen LogP contribution in [0.3, 0.4) is 0 Å². The summed E-state index contributed by atoms with van der Waals surface area (Å²) in [7, 11) is 0. The topological polar surface area (TPSA) is 69.0 Å². The Kier molecular flexibility index (Phi) is 3.68. The van der Waals surface area contributed by atoms with Crippen molar-refractivity contribution in [1.29, 1.82) is 5.26 Å². The van der Waals surface area contributed by atoms with Gasteiger partial charge in [0.15, 0.2) is 0 Å². The Labute approximate surface area is 100 Å². The molecule has 5 nitrogen and oxygen atoms in total. The first kappa shape index (κ1) is 11.6. The summed E-state index contributed by atoms with van der Waals surface area (Å²) in [5.41, 5.74) is 1.11. The summed E-state index contributed by atoms with van der Waals surface area (Å²) in [6, 6.07) is 5.59. The van der Waals surface area contributed by atoms with Gasteiger partial charge in [0.25, 0.3) is 0 Å². The Balaban J connectivity index is 2.08. The number of nitriles is 1. The molecule has 1 aromatic rings. The maximum Gasteiger partial charge on any atom is 0.238 e. The quantitative estimate of drug-likeness (QED) is 0.810. The van der Waals surface area contributed by atoms with E-state index < -0.39 is 0 Å². The summed E-state index contributed by atoms with van der Waals surface area (Å²) in [4.78, 5) is 17.7. The van der Waals surface area contributed by atoms with Crippen molar-refractivity contribution in [3.05, 3.63) is 30.1 Å². The highest BCUT2D eigenvalue weighted by molar-refractivity contribution is 5.82. The first-order valence-corrected chi connectivity index (χ1v) is 5.59. The monoisotopic (exact) mass is 230 g/mol. The molecule has 5 heteroatoms. The number of hydrogen-bond acceptors (Lipinski definition) is 4. The van der Waals surface area contributed by atoms with Crippen LogP contribution in [0.5, 0.6) is 0 Å². The maximum absolute atomic E-state index is 11.7. The second-order valence-electron chi connectivity index (χ2n) is 4.00. The molecule has 1 aliphatic heterocycles. The van der Waals surface area contributed by atoms with Crippen molar-refractivity contribution in [2.75, 3.05) is 13.1 Å². The summed E-state index contributed by atoms with van der Waals surface area (Å²) in [6.45, 7) is 2.11. The van der Waals surface area contributed by atoms with Crippen molar-refractivity contribution >= 4 is 5.91 Å². The van der Waals surface area contributed by atoms with E-state index >= 15 is 0 Å². The lowest BCUT2D eigenvalue weighted by Crippen LogP contribution is -2.54. The van der Waals surface area contributed by atoms with Crippen molar-refractivity contribution in [2.24, 2.45) is 0 Å². The average Bonchev–Trinajstić information content (AvgIpc) is 2.35. The number of pyridine rings is 1. The van der Waals surface area contributed by atoms with Gasteiger partial charge < -0.3 is 5.32 Å². The van der Waals surface area contributed by atoms with Crippen LogP contribution in [0.2, 0.25) is 0 Å². The molecule has 0 aliphatic carbocycles. The number of nitrogens with one attached hydrogen (secondary N) is 1. The van der Waals surface area contributed by atoms with Gasteiger partial charge in [-0.1, -0.05) is 0 Å². The van der Waals surface area contributed by atoms with Crippen LogP contribution in [-0.2, 0) is 11.3 Å². The molecule has 2 heterocycles. The highest BCUT2D eigenvalue weighted by atomic mass is 16.2. The second-order valence-corrected chi connectivity index (χ2v) is 4.00. The van der Waals surface area contributed by atoms with Gasteiger partial charge in [0.1, 0.15) is 6.04 Å². The van der Waals surface area contributed by atoms with E-state index in [2.05, 4.69) is 16.4 Å². The van der Waals surface area contributed by atoms with Crippen molar-refractivity contribution in [2.45, 2.75) is 19.0 Å². The SMILES string of the molecule is N#CCC1C(=O)NCCN1Cc1ccncc1. The van der Waals surface area contributed by atoms with E-state index in [9.17, 15) is 4.79 Å². The van der Waals surface area contributed by atoms with Crippen LogP contribution < -0.4 is 5.32 Å². The van der Waals surface area contributed by atoms with Crippen LogP contribution in [-0.4, -0.2) is 34.9 Å². The fourth-order valence-corrected chi connectivity index (χ4v) is 1.98. The highest BCUT2D eigenvalue weighted by Crippen LogP contribution is 2.12. The number of rotatable bonds is 3. The number of carbonyl (C=O) groups is 1. The van der Waals surface area contributed by atoms with E-state index in [1.165, 1.54) is 0 Å². The molecule has 0 aromatic carbocycles. The molecular weight excluding hydrogens is 216 g/mol. The average molecular weight is 230 g/mol. The lowest BCUT2D eigenvalue weighted by Gasteiger charge is -2.33. The molecule has 1 atom stereocenters. The minimum atomic E-state index is -0.332. The third-order valence-corrected chi connectivity index (χ3v) is 2.86. The smallest absolute Gasteiger partial charge is 0.238 e. The fourth-order valence-electron chi connectivity index (χ4n) is 1.98. The zero-order valence-corrected chi connectivity index (χ0v) is 9.47. The fraction of sp³-hybridized carbons (Fsp3) is 0.417. The van der Waals surface area contributed by atoms with Crippen LogP contribution in [0.15, 0.2) is 24.5 Å². The third-order valence-electron chi connectivity index (χ3n) is 2.86. The van der Waals surface area contributed by atoms with Gasteiger partial charge in [-0.3, -0.25) is 14.7 Å². The lowest BCUT2D eigenvalue weighted by atomic mass is 10.1. The lowest BCUT2D eigenvalue weighted by molar-refractivity contribution is -0.129. The van der Waals surface area contributed by atoms with Crippen LogP contribution >= 0.6 is 0 Å². The Morgan fingerprint density at radius 3 is 3.00 bits per heavy atom. The van der Waals surface area contributed by atoms with E-state index in [0.29, 0.717) is 13.1 Å². The van der Waals surface area contributed by atoms with E-state index in [1.807, 2.05) is 17.0 Å². The standard InChI is InChI=1S/C12H14N4O/c13-4-1-11-12(17)15-7-8-16(11)9-10-2-5-14-6-3-10/h2-3,5-6,11H,1,7-9H2,(H,15,17). The van der Waals surface area contributed by atoms with Crippen molar-refractivity contribution in [3.63, 3.8) is 0 Å². The van der Waals surface area contributed by atoms with Crippen LogP contribution in [0.1, 0.15) is 12.0 Å². The Hall–Kier alpha value is -1.93. The van der Waals surface area contributed by atoms with E-state index in [1.54, 1.807) is 12.4 Å². The normalized spacial score (nSPS) is 20.6. The first-order chi connectivity index (χ1) is 8.31. The molecule has 0 bridgehead atoms. The molecule has 1 aliphatic rings. The molecular formula is C12H14N4O. The van der Waals surface area contributed by atoms with Crippen LogP contribution in [0.25, 0.3) is 0 Å². The van der Waals surface area contributed by atoms with Gasteiger partial charge in [0.2, 0.25) is 5.91 Å².